The summed E-state index contributed by atoms with van der Waals surface area (Å²) in [5.41, 5.74) is 5.91. The van der Waals surface area contributed by atoms with Crippen LogP contribution in [0.4, 0.5) is 4.39 Å². The summed E-state index contributed by atoms with van der Waals surface area (Å²) < 4.78 is 43.1. The van der Waals surface area contributed by atoms with E-state index in [1.165, 1.54) is 30.3 Å². The number of ether oxygens (including phenoxy) is 1. The molecule has 130 valence electrons. The van der Waals surface area contributed by atoms with Crippen molar-refractivity contribution >= 4 is 22.2 Å². The summed E-state index contributed by atoms with van der Waals surface area (Å²) in [6.45, 7) is -0.126. The molecule has 0 bridgehead atoms. The molecule has 24 heavy (non-hydrogen) atoms. The van der Waals surface area contributed by atoms with E-state index in [0.717, 1.165) is 5.56 Å². The molecule has 2 aromatic carbocycles. The van der Waals surface area contributed by atoms with Crippen LogP contribution in [0.2, 0.25) is 0 Å². The molecule has 4 nitrogen and oxygen atoms in total. The number of halogens is 2. The van der Waals surface area contributed by atoms with Crippen molar-refractivity contribution in [1.82, 2.24) is 0 Å². The maximum atomic E-state index is 13.2. The fraction of sp³-hybridized carbons (Fsp3) is 0.176. The summed E-state index contributed by atoms with van der Waals surface area (Å²) in [5, 5.41) is 0. The van der Waals surface area contributed by atoms with Crippen LogP contribution >= 0.6 is 12.4 Å². The molecule has 0 unspecified atom stereocenters. The van der Waals surface area contributed by atoms with Crippen LogP contribution in [-0.2, 0) is 15.6 Å². The van der Waals surface area contributed by atoms with Gasteiger partial charge in [0, 0.05) is 6.54 Å². The summed E-state index contributed by atoms with van der Waals surface area (Å²) in [6, 6.07) is 14.9. The first-order chi connectivity index (χ1) is 11.0. The second-order valence-electron chi connectivity index (χ2n) is 4.89. The van der Waals surface area contributed by atoms with Gasteiger partial charge in [0.2, 0.25) is 0 Å². The Balaban J connectivity index is 0.00000288. The lowest BCUT2D eigenvalue weighted by Gasteiger charge is -2.07. The third-order valence-corrected chi connectivity index (χ3v) is 4.80. The minimum atomic E-state index is -3.43. The van der Waals surface area contributed by atoms with Crippen LogP contribution in [0.25, 0.3) is 0 Å². The third kappa shape index (κ3) is 5.96. The zero-order valence-electron chi connectivity index (χ0n) is 12.9. The molecular formula is C17H19ClFNO3S. The first-order valence-corrected chi connectivity index (χ1v) is 8.70. The van der Waals surface area contributed by atoms with Crippen LogP contribution in [0, 0.1) is 0 Å². The highest BCUT2D eigenvalue weighted by Gasteiger charge is 2.15. The highest BCUT2D eigenvalue weighted by atomic mass is 35.5. The van der Waals surface area contributed by atoms with Gasteiger partial charge in [0.15, 0.2) is 9.84 Å². The lowest BCUT2D eigenvalue weighted by Crippen LogP contribution is -2.05. The topological polar surface area (TPSA) is 69.4 Å². The zero-order chi connectivity index (χ0) is 16.7. The number of hydrogen-bond donors (Lipinski definition) is 1. The van der Waals surface area contributed by atoms with Crippen molar-refractivity contribution in [2.45, 2.75) is 10.6 Å². The first kappa shape index (κ1) is 20.2. The molecule has 0 atom stereocenters. The molecule has 2 aromatic rings. The second-order valence-corrected chi connectivity index (χ2v) is 6.88. The van der Waals surface area contributed by atoms with Crippen LogP contribution in [-0.4, -0.2) is 21.6 Å². The second kappa shape index (κ2) is 9.42. The Kier molecular flexibility index (Phi) is 7.91. The van der Waals surface area contributed by atoms with Gasteiger partial charge in [0.1, 0.15) is 18.2 Å². The Morgan fingerprint density at radius 3 is 2.29 bits per heavy atom. The van der Waals surface area contributed by atoms with Gasteiger partial charge in [0.25, 0.3) is 0 Å². The Morgan fingerprint density at radius 1 is 1.08 bits per heavy atom. The van der Waals surface area contributed by atoms with Gasteiger partial charge < -0.3 is 10.5 Å². The van der Waals surface area contributed by atoms with Gasteiger partial charge in [-0.15, -0.1) is 12.4 Å². The minimum absolute atomic E-state index is 0. The average molecular weight is 372 g/mol. The van der Waals surface area contributed by atoms with Gasteiger partial charge in [-0.2, -0.15) is 0 Å². The lowest BCUT2D eigenvalue weighted by molar-refractivity contribution is 0.318. The maximum absolute atomic E-state index is 13.2. The fourth-order valence-electron chi connectivity index (χ4n) is 1.96. The van der Waals surface area contributed by atoms with Crippen molar-refractivity contribution in [2.24, 2.45) is 5.73 Å². The van der Waals surface area contributed by atoms with Crippen molar-refractivity contribution in [2.75, 3.05) is 13.2 Å². The third-order valence-electron chi connectivity index (χ3n) is 3.10. The number of hydrogen-bond acceptors (Lipinski definition) is 4. The molecule has 7 heteroatoms. The van der Waals surface area contributed by atoms with Crippen LogP contribution in [0.1, 0.15) is 5.56 Å². The molecule has 0 amide bonds. The monoisotopic (exact) mass is 371 g/mol. The van der Waals surface area contributed by atoms with E-state index in [9.17, 15) is 12.8 Å². The van der Waals surface area contributed by atoms with Crippen molar-refractivity contribution in [3.63, 3.8) is 0 Å². The number of benzene rings is 2. The summed E-state index contributed by atoms with van der Waals surface area (Å²) in [7, 11) is -3.43. The molecule has 2 rings (SSSR count). The molecule has 0 radical (unpaired) electrons. The van der Waals surface area contributed by atoms with Crippen molar-refractivity contribution in [3.8, 4) is 5.75 Å². The molecule has 0 saturated heterocycles. The standard InChI is InChI=1S/C17H18FNO3S.ClH/c18-15(10-11-19)12-22-16-6-8-17(9-7-16)23(20,21)13-14-4-2-1-3-5-14;/h1-10H,11-13,19H2;1H/b15-10+;. The lowest BCUT2D eigenvalue weighted by atomic mass is 10.2. The Morgan fingerprint density at radius 2 is 1.71 bits per heavy atom. The molecular weight excluding hydrogens is 353 g/mol. The number of nitrogens with two attached hydrogens (primary N) is 1. The summed E-state index contributed by atoms with van der Waals surface area (Å²) in [5.74, 6) is -0.139. The van der Waals surface area contributed by atoms with E-state index < -0.39 is 15.7 Å². The van der Waals surface area contributed by atoms with Crippen molar-refractivity contribution in [1.29, 1.82) is 0 Å². The van der Waals surface area contributed by atoms with Crippen LogP contribution in [0.15, 0.2) is 71.4 Å². The van der Waals surface area contributed by atoms with Crippen molar-refractivity contribution < 1.29 is 17.5 Å². The number of sulfone groups is 1. The fourth-order valence-corrected chi connectivity index (χ4v) is 3.31. The Labute approximate surface area is 147 Å². The molecule has 0 saturated carbocycles. The largest absolute Gasteiger partial charge is 0.487 e. The smallest absolute Gasteiger partial charge is 0.182 e. The van der Waals surface area contributed by atoms with E-state index in [2.05, 4.69) is 0 Å². The maximum Gasteiger partial charge on any atom is 0.182 e. The highest BCUT2D eigenvalue weighted by Crippen LogP contribution is 2.20. The van der Waals surface area contributed by atoms with Gasteiger partial charge in [-0.05, 0) is 35.9 Å². The minimum Gasteiger partial charge on any atom is -0.487 e. The average Bonchev–Trinajstić information content (AvgIpc) is 2.54. The van der Waals surface area contributed by atoms with Crippen LogP contribution < -0.4 is 10.5 Å². The quantitative estimate of drug-likeness (QED) is 0.810. The van der Waals surface area contributed by atoms with Gasteiger partial charge in [-0.1, -0.05) is 30.3 Å². The van der Waals surface area contributed by atoms with Gasteiger partial charge in [-0.3, -0.25) is 0 Å². The van der Waals surface area contributed by atoms with Crippen LogP contribution in [0.3, 0.4) is 0 Å². The highest BCUT2D eigenvalue weighted by molar-refractivity contribution is 7.90. The first-order valence-electron chi connectivity index (χ1n) is 7.05. The normalized spacial score (nSPS) is 11.7. The Hall–Kier alpha value is -1.89. The predicted octanol–water partition coefficient (Wildman–Crippen LogP) is 3.27. The molecule has 0 fully saturated rings. The summed E-state index contributed by atoms with van der Waals surface area (Å²) >= 11 is 0. The van der Waals surface area contributed by atoms with E-state index >= 15 is 0 Å². The molecule has 0 spiro atoms. The summed E-state index contributed by atoms with van der Waals surface area (Å²) in [6.07, 6.45) is 1.22. The van der Waals surface area contributed by atoms with Gasteiger partial charge >= 0.3 is 0 Å². The summed E-state index contributed by atoms with van der Waals surface area (Å²) in [4.78, 5) is 0.201. The predicted molar refractivity (Wildman–Crippen MR) is 94.8 cm³/mol. The molecule has 0 aromatic heterocycles. The number of rotatable bonds is 7. The van der Waals surface area contributed by atoms with E-state index in [1.807, 2.05) is 6.07 Å². The Bertz CT molecular complexity index is 762. The molecule has 0 aliphatic carbocycles. The SMILES string of the molecule is Cl.NC/C=C(/F)COc1ccc(S(=O)(=O)Cc2ccccc2)cc1. The van der Waals surface area contributed by atoms with Crippen molar-refractivity contribution in [3.05, 3.63) is 72.1 Å². The van der Waals surface area contributed by atoms with Gasteiger partial charge in [0.05, 0.1) is 10.6 Å². The van der Waals surface area contributed by atoms with Gasteiger partial charge in [-0.25, -0.2) is 12.8 Å². The molecule has 2 N–H and O–H groups in total. The van der Waals surface area contributed by atoms with Crippen LogP contribution in [0.5, 0.6) is 5.75 Å². The van der Waals surface area contributed by atoms with E-state index in [1.54, 1.807) is 24.3 Å². The van der Waals surface area contributed by atoms with E-state index in [-0.39, 0.29) is 36.2 Å². The molecule has 0 heterocycles. The molecule has 0 aliphatic rings. The van der Waals surface area contributed by atoms with E-state index in [0.29, 0.717) is 5.75 Å². The zero-order valence-corrected chi connectivity index (χ0v) is 14.5. The molecule has 0 aliphatic heterocycles. The van der Waals surface area contributed by atoms with E-state index in [4.69, 9.17) is 10.5 Å².